The van der Waals surface area contributed by atoms with Crippen LogP contribution in [-0.2, 0) is 6.54 Å². The minimum atomic E-state index is -1.50. The van der Waals surface area contributed by atoms with Gasteiger partial charge in [-0.15, -0.1) is 0 Å². The van der Waals surface area contributed by atoms with Crippen LogP contribution in [0.3, 0.4) is 0 Å². The third kappa shape index (κ3) is 2.27. The average molecular weight is 201 g/mol. The molecule has 0 fully saturated rings. The van der Waals surface area contributed by atoms with Gasteiger partial charge in [-0.3, -0.25) is 9.36 Å². The van der Waals surface area contributed by atoms with Crippen LogP contribution >= 0.6 is 0 Å². The molecule has 1 heterocycles. The highest BCUT2D eigenvalue weighted by atomic mass is 16.3. The van der Waals surface area contributed by atoms with Gasteiger partial charge in [0.15, 0.2) is 0 Å². The molecular weight excluding hydrogens is 190 g/mol. The molecule has 1 unspecified atom stereocenters. The van der Waals surface area contributed by atoms with Crippen LogP contribution in [-0.4, -0.2) is 37.2 Å². The number of aliphatic hydroxyl groups excluding tert-OH is 1. The van der Waals surface area contributed by atoms with E-state index in [0.717, 1.165) is 10.8 Å². The number of hydrogen-bond acceptors (Lipinski definition) is 5. The summed E-state index contributed by atoms with van der Waals surface area (Å²) in [5.41, 5.74) is -2.84. The summed E-state index contributed by atoms with van der Waals surface area (Å²) in [5.74, 6) is 0. The Morgan fingerprint density at radius 3 is 2.79 bits per heavy atom. The van der Waals surface area contributed by atoms with E-state index in [0.29, 0.717) is 0 Å². The van der Waals surface area contributed by atoms with E-state index in [9.17, 15) is 14.7 Å². The lowest BCUT2D eigenvalue weighted by Gasteiger charge is -2.20. The molecule has 0 radical (unpaired) electrons. The van der Waals surface area contributed by atoms with Crippen molar-refractivity contribution in [2.24, 2.45) is 0 Å². The van der Waals surface area contributed by atoms with Crippen molar-refractivity contribution in [2.45, 2.75) is 19.1 Å². The topological polar surface area (TPSA) is 108 Å². The van der Waals surface area contributed by atoms with E-state index < -0.39 is 23.5 Å². The number of hydrogen-bond donors (Lipinski definition) is 3. The highest BCUT2D eigenvalue weighted by molar-refractivity contribution is 4.79. The molecule has 1 atom stereocenters. The Hall–Kier alpha value is -1.47. The second kappa shape index (κ2) is 3.72. The number of aromatic amines is 1. The van der Waals surface area contributed by atoms with Crippen molar-refractivity contribution in [3.63, 3.8) is 0 Å². The van der Waals surface area contributed by atoms with E-state index >= 15 is 0 Å². The highest BCUT2D eigenvalue weighted by Gasteiger charge is 2.21. The maximum atomic E-state index is 11.1. The van der Waals surface area contributed by atoms with Crippen molar-refractivity contribution in [1.82, 2.24) is 14.8 Å². The van der Waals surface area contributed by atoms with Crippen molar-refractivity contribution in [3.05, 3.63) is 27.0 Å². The van der Waals surface area contributed by atoms with Gasteiger partial charge in [0.2, 0.25) is 0 Å². The van der Waals surface area contributed by atoms with Crippen LogP contribution in [0.25, 0.3) is 0 Å². The lowest BCUT2D eigenvalue weighted by atomic mass is 10.1. The summed E-state index contributed by atoms with van der Waals surface area (Å²) in [5, 5.41) is 23.5. The van der Waals surface area contributed by atoms with Crippen molar-refractivity contribution in [1.29, 1.82) is 0 Å². The van der Waals surface area contributed by atoms with Crippen LogP contribution in [0.5, 0.6) is 0 Å². The predicted octanol–water partition coefficient (Wildman–Crippen LogP) is -2.33. The molecule has 7 heteroatoms. The highest BCUT2D eigenvalue weighted by Crippen LogP contribution is 2.01. The minimum absolute atomic E-state index is 0.278. The van der Waals surface area contributed by atoms with E-state index in [2.05, 4.69) is 10.2 Å². The zero-order valence-corrected chi connectivity index (χ0v) is 7.60. The van der Waals surface area contributed by atoms with Gasteiger partial charge in [0.1, 0.15) is 11.8 Å². The second-order valence-electron chi connectivity index (χ2n) is 3.25. The van der Waals surface area contributed by atoms with Crippen LogP contribution in [0, 0.1) is 0 Å². The maximum absolute atomic E-state index is 11.1. The fourth-order valence-corrected chi connectivity index (χ4v) is 0.913. The Labute approximate surface area is 78.6 Å². The molecule has 0 aliphatic rings. The Balaban J connectivity index is 3.10. The van der Waals surface area contributed by atoms with Gasteiger partial charge in [0.25, 0.3) is 5.56 Å². The molecule has 1 aromatic rings. The second-order valence-corrected chi connectivity index (χ2v) is 3.25. The fourth-order valence-electron chi connectivity index (χ4n) is 0.913. The molecule has 3 N–H and O–H groups in total. The molecule has 0 saturated heterocycles. The lowest BCUT2D eigenvalue weighted by Crippen LogP contribution is -2.44. The zero-order chi connectivity index (χ0) is 10.8. The smallest absolute Gasteiger partial charge is 0.344 e. The van der Waals surface area contributed by atoms with Gasteiger partial charge >= 0.3 is 5.69 Å². The first kappa shape index (κ1) is 10.6. The van der Waals surface area contributed by atoms with Gasteiger partial charge in [0.05, 0.1) is 13.2 Å². The number of rotatable bonds is 3. The fraction of sp³-hybridized carbons (Fsp3) is 0.571. The Bertz CT molecular complexity index is 391. The molecule has 0 saturated carbocycles. The van der Waals surface area contributed by atoms with Gasteiger partial charge in [-0.05, 0) is 6.92 Å². The SMILES string of the molecule is CC(O)(CO)Cn1c(=O)cn[nH]c1=O. The van der Waals surface area contributed by atoms with E-state index in [-0.39, 0.29) is 6.54 Å². The number of nitrogens with zero attached hydrogens (tertiary/aromatic N) is 2. The van der Waals surface area contributed by atoms with E-state index in [1.807, 2.05) is 0 Å². The van der Waals surface area contributed by atoms with Gasteiger partial charge < -0.3 is 10.2 Å². The van der Waals surface area contributed by atoms with Crippen LogP contribution in [0.1, 0.15) is 6.92 Å². The summed E-state index contributed by atoms with van der Waals surface area (Å²) >= 11 is 0. The summed E-state index contributed by atoms with van der Waals surface area (Å²) in [6.07, 6.45) is 0.925. The molecule has 7 nitrogen and oxygen atoms in total. The van der Waals surface area contributed by atoms with Crippen LogP contribution < -0.4 is 11.2 Å². The van der Waals surface area contributed by atoms with Crippen molar-refractivity contribution < 1.29 is 10.2 Å². The molecule has 1 rings (SSSR count). The average Bonchev–Trinajstić information content (AvgIpc) is 2.12. The van der Waals surface area contributed by atoms with E-state index in [4.69, 9.17) is 5.11 Å². The number of H-pyrrole nitrogens is 1. The minimum Gasteiger partial charge on any atom is -0.393 e. The number of aliphatic hydroxyl groups is 2. The monoisotopic (exact) mass is 201 g/mol. The molecule has 14 heavy (non-hydrogen) atoms. The molecule has 78 valence electrons. The summed E-state index contributed by atoms with van der Waals surface area (Å²) in [6.45, 7) is 0.501. The predicted molar refractivity (Wildman–Crippen MR) is 46.8 cm³/mol. The quantitative estimate of drug-likeness (QED) is 0.508. The summed E-state index contributed by atoms with van der Waals surface area (Å²) < 4.78 is 0.767. The first-order valence-corrected chi connectivity index (χ1v) is 3.94. The van der Waals surface area contributed by atoms with Gasteiger partial charge in [0, 0.05) is 0 Å². The van der Waals surface area contributed by atoms with Crippen LogP contribution in [0.15, 0.2) is 15.8 Å². The van der Waals surface area contributed by atoms with Gasteiger partial charge in [-0.1, -0.05) is 0 Å². The van der Waals surface area contributed by atoms with Crippen LogP contribution in [0.4, 0.5) is 0 Å². The van der Waals surface area contributed by atoms with E-state index in [1.165, 1.54) is 6.92 Å². The van der Waals surface area contributed by atoms with Gasteiger partial charge in [-0.2, -0.15) is 5.10 Å². The van der Waals surface area contributed by atoms with Crippen molar-refractivity contribution >= 4 is 0 Å². The summed E-state index contributed by atoms with van der Waals surface area (Å²) in [6, 6.07) is 0. The third-order valence-corrected chi connectivity index (χ3v) is 1.69. The van der Waals surface area contributed by atoms with Gasteiger partial charge in [-0.25, -0.2) is 9.89 Å². The van der Waals surface area contributed by atoms with Crippen LogP contribution in [0.2, 0.25) is 0 Å². The summed E-state index contributed by atoms with van der Waals surface area (Å²) in [4.78, 5) is 22.2. The Kier molecular flexibility index (Phi) is 2.82. The number of nitrogens with one attached hydrogen (secondary N) is 1. The summed E-state index contributed by atoms with van der Waals surface area (Å²) in [7, 11) is 0. The molecular formula is C7H11N3O4. The first-order valence-electron chi connectivity index (χ1n) is 3.94. The normalized spacial score (nSPS) is 15.1. The zero-order valence-electron chi connectivity index (χ0n) is 7.60. The maximum Gasteiger partial charge on any atom is 0.344 e. The Morgan fingerprint density at radius 1 is 1.64 bits per heavy atom. The molecule has 0 aromatic carbocycles. The molecule has 0 bridgehead atoms. The molecule has 0 spiro atoms. The molecule has 0 aliphatic carbocycles. The molecule has 0 aliphatic heterocycles. The largest absolute Gasteiger partial charge is 0.393 e. The Morgan fingerprint density at radius 2 is 2.29 bits per heavy atom. The molecule has 1 aromatic heterocycles. The molecule has 0 amide bonds. The van der Waals surface area contributed by atoms with E-state index in [1.54, 1.807) is 0 Å². The standard InChI is InChI=1S/C7H11N3O4/c1-7(14,4-11)3-10-5(12)2-8-9-6(10)13/h2,11,14H,3-4H2,1H3,(H,9,13). The third-order valence-electron chi connectivity index (χ3n) is 1.69. The lowest BCUT2D eigenvalue weighted by molar-refractivity contribution is -0.0137. The van der Waals surface area contributed by atoms with Crippen molar-refractivity contribution in [2.75, 3.05) is 6.61 Å². The first-order chi connectivity index (χ1) is 6.46. The van der Waals surface area contributed by atoms with Crippen molar-refractivity contribution in [3.8, 4) is 0 Å². The number of aromatic nitrogens is 3.